The molecule has 1 aromatic carbocycles. The van der Waals surface area contributed by atoms with Crippen LogP contribution in [0.5, 0.6) is 5.75 Å². The molecular formula is C31H38F2N8O8S3. The number of methoxy groups -OCH3 is 1. The van der Waals surface area contributed by atoms with Gasteiger partial charge in [-0.05, 0) is 65.6 Å². The molecule has 0 bridgehead atoms. The average molecular weight is 785 g/mol. The van der Waals surface area contributed by atoms with Crippen LogP contribution in [0.4, 0.5) is 8.78 Å². The van der Waals surface area contributed by atoms with E-state index in [0.29, 0.717) is 24.2 Å². The highest BCUT2D eigenvalue weighted by atomic mass is 32.2. The van der Waals surface area contributed by atoms with Crippen LogP contribution in [0.1, 0.15) is 52.5 Å². The average Bonchev–Trinajstić information content (AvgIpc) is 3.83. The number of hydrogen-bond donors (Lipinski definition) is 3. The minimum Gasteiger partial charge on any atom is -0.497 e. The fraction of sp³-hybridized carbons (Fsp3) is 0.548. The van der Waals surface area contributed by atoms with Gasteiger partial charge >= 0.3 is 0 Å². The van der Waals surface area contributed by atoms with Crippen LogP contribution in [0.15, 0.2) is 46.0 Å². The van der Waals surface area contributed by atoms with Gasteiger partial charge in [-0.15, -0.1) is 21.5 Å². The summed E-state index contributed by atoms with van der Waals surface area (Å²) in [5.41, 5.74) is -2.70. The second kappa shape index (κ2) is 13.7. The summed E-state index contributed by atoms with van der Waals surface area (Å²) in [5, 5.41) is 15.8. The van der Waals surface area contributed by atoms with Crippen molar-refractivity contribution in [1.82, 2.24) is 39.9 Å². The first-order valence-electron chi connectivity index (χ1n) is 16.3. The van der Waals surface area contributed by atoms with Gasteiger partial charge < -0.3 is 15.0 Å². The molecule has 3 aromatic rings. The number of carbonyl (C=O) groups is 3. The van der Waals surface area contributed by atoms with Crippen molar-refractivity contribution in [1.29, 1.82) is 0 Å². The highest BCUT2D eigenvalue weighted by molar-refractivity contribution is 7.91. The number of tetrazole rings is 1. The van der Waals surface area contributed by atoms with E-state index in [0.717, 1.165) is 16.2 Å². The monoisotopic (exact) mass is 784 g/mol. The van der Waals surface area contributed by atoms with E-state index < -0.39 is 90.9 Å². The summed E-state index contributed by atoms with van der Waals surface area (Å²) in [5.74, 6) is -3.97. The number of halogens is 2. The van der Waals surface area contributed by atoms with Gasteiger partial charge in [-0.2, -0.15) is 9.52 Å². The van der Waals surface area contributed by atoms with Crippen molar-refractivity contribution in [3.8, 4) is 17.1 Å². The van der Waals surface area contributed by atoms with E-state index in [-0.39, 0.29) is 23.0 Å². The number of likely N-dealkylation sites (tertiary alicyclic amines) is 1. The minimum atomic E-state index is -4.20. The molecule has 52 heavy (non-hydrogen) atoms. The molecule has 6 rings (SSSR count). The predicted molar refractivity (Wildman–Crippen MR) is 182 cm³/mol. The number of sulfonamides is 2. The number of nitrogens with zero attached hydrogens (tertiary/aromatic N) is 5. The van der Waals surface area contributed by atoms with Gasteiger partial charge in [0.1, 0.15) is 27.6 Å². The number of rotatable bonds is 13. The third kappa shape index (κ3) is 7.53. The Hall–Kier alpha value is -4.08. The zero-order valence-corrected chi connectivity index (χ0v) is 31.0. The number of thiophene rings is 1. The summed E-state index contributed by atoms with van der Waals surface area (Å²) in [4.78, 5) is 44.2. The smallest absolute Gasteiger partial charge is 0.259 e. The lowest BCUT2D eigenvalue weighted by molar-refractivity contribution is -0.142. The van der Waals surface area contributed by atoms with Crippen molar-refractivity contribution in [3.05, 3.63) is 41.8 Å². The van der Waals surface area contributed by atoms with Crippen molar-refractivity contribution in [2.24, 2.45) is 11.3 Å². The van der Waals surface area contributed by atoms with Crippen LogP contribution in [-0.2, 0) is 34.4 Å². The van der Waals surface area contributed by atoms with Gasteiger partial charge in [0.05, 0.1) is 24.3 Å². The Morgan fingerprint density at radius 3 is 2.33 bits per heavy atom. The fourth-order valence-corrected chi connectivity index (χ4v) is 9.91. The molecule has 3 amide bonds. The maximum atomic E-state index is 14.4. The minimum absolute atomic E-state index is 0.0399. The molecule has 2 aromatic heterocycles. The highest BCUT2D eigenvalue weighted by Crippen LogP contribution is 2.48. The quantitative estimate of drug-likeness (QED) is 0.227. The van der Waals surface area contributed by atoms with Crippen LogP contribution < -0.4 is 19.5 Å². The molecule has 0 radical (unpaired) electrons. The number of carbonyl (C=O) groups excluding carboxylic acids is 3. The number of nitrogens with one attached hydrogen (secondary N) is 3. The van der Waals surface area contributed by atoms with Gasteiger partial charge in [0.15, 0.2) is 0 Å². The Labute approximate surface area is 302 Å². The van der Waals surface area contributed by atoms with E-state index in [1.807, 2.05) is 4.72 Å². The number of hydrogen-bond acceptors (Lipinski definition) is 12. The molecule has 1 saturated heterocycles. The van der Waals surface area contributed by atoms with Crippen LogP contribution in [0.25, 0.3) is 11.4 Å². The van der Waals surface area contributed by atoms with Gasteiger partial charge in [0, 0.05) is 18.5 Å². The van der Waals surface area contributed by atoms with E-state index in [1.165, 1.54) is 24.0 Å². The zero-order valence-electron chi connectivity index (χ0n) is 28.5. The molecule has 3 aliphatic rings. The van der Waals surface area contributed by atoms with Gasteiger partial charge in [0.25, 0.3) is 15.9 Å². The lowest BCUT2D eigenvalue weighted by atomic mass is 9.86. The summed E-state index contributed by atoms with van der Waals surface area (Å²) in [6, 6.07) is 6.06. The van der Waals surface area contributed by atoms with E-state index in [9.17, 15) is 40.0 Å². The highest BCUT2D eigenvalue weighted by Gasteiger charge is 2.67. The molecule has 0 spiro atoms. The summed E-state index contributed by atoms with van der Waals surface area (Å²) in [7, 11) is -6.83. The van der Waals surface area contributed by atoms with Crippen LogP contribution in [0.2, 0.25) is 0 Å². The second-order valence-electron chi connectivity index (χ2n) is 14.2. The molecule has 5 atom stereocenters. The molecule has 21 heteroatoms. The molecule has 1 unspecified atom stereocenters. The fourth-order valence-electron chi connectivity index (χ4n) is 6.14. The molecule has 3 fully saturated rings. The SMILES string of the molecule is COc1ccc(-c2nnn([C@@H]3CC(C(=O)N[C@]4(C(=O)NS(=O)(=O)C5CC5)C[C@H]4C(F)F)N(C(=O)[C@@H](NS(=O)(=O)c4cccs4)C(C)(C)C)C3)n2)cc1. The van der Waals surface area contributed by atoms with Crippen LogP contribution in [0, 0.1) is 11.3 Å². The van der Waals surface area contributed by atoms with Gasteiger partial charge in [-0.1, -0.05) is 26.8 Å². The molecule has 3 heterocycles. The number of benzene rings is 1. The second-order valence-corrected chi connectivity index (χ2v) is 19.0. The van der Waals surface area contributed by atoms with Gasteiger partial charge in [0.2, 0.25) is 34.1 Å². The van der Waals surface area contributed by atoms with Crippen LogP contribution >= 0.6 is 11.3 Å². The molecule has 1 aliphatic heterocycles. The summed E-state index contributed by atoms with van der Waals surface area (Å²) >= 11 is 0.945. The van der Waals surface area contributed by atoms with Gasteiger partial charge in [-0.25, -0.2) is 25.6 Å². The van der Waals surface area contributed by atoms with Crippen molar-refractivity contribution in [2.75, 3.05) is 13.7 Å². The third-order valence-electron chi connectivity index (χ3n) is 9.38. The zero-order chi connectivity index (χ0) is 37.8. The summed E-state index contributed by atoms with van der Waals surface area (Å²) in [6.45, 7) is 4.67. The largest absolute Gasteiger partial charge is 0.497 e. The normalized spacial score (nSPS) is 24.1. The van der Waals surface area contributed by atoms with Gasteiger partial charge in [-0.3, -0.25) is 19.1 Å². The first-order valence-corrected chi connectivity index (χ1v) is 20.2. The molecule has 282 valence electrons. The first kappa shape index (κ1) is 37.7. The molecule has 2 saturated carbocycles. The Bertz CT molecular complexity index is 2050. The Kier molecular flexibility index (Phi) is 9.94. The topological polar surface area (TPSA) is 212 Å². The van der Waals surface area contributed by atoms with Crippen molar-refractivity contribution < 1.29 is 44.7 Å². The third-order valence-corrected chi connectivity index (χ3v) is 14.0. The Balaban J connectivity index is 1.31. The number of alkyl halides is 2. The van der Waals surface area contributed by atoms with E-state index in [4.69, 9.17) is 4.74 Å². The first-order chi connectivity index (χ1) is 24.4. The van der Waals surface area contributed by atoms with E-state index in [2.05, 4.69) is 25.4 Å². The van der Waals surface area contributed by atoms with Crippen molar-refractivity contribution in [3.63, 3.8) is 0 Å². The van der Waals surface area contributed by atoms with Crippen LogP contribution in [0.3, 0.4) is 0 Å². The maximum Gasteiger partial charge on any atom is 0.259 e. The number of aromatic nitrogens is 4. The standard InChI is InChI=1S/C31H38F2N8O8S3/c1-30(2,3)24(37-52(47,48)23-6-5-13-50-23)28(43)40-16-18(41-36-26(35-39-41)17-7-9-19(49-4)10-8-17)14-22(40)27(42)34-31(15-21(31)25(32)33)29(44)38-51(45,46)20-11-12-20/h5-10,13,18,20-22,24-25,37H,11-12,14-16H2,1-4H3,(H,34,42)(H,38,44)/t18-,21+,22?,24-,31-/m1/s1. The van der Waals surface area contributed by atoms with E-state index in [1.54, 1.807) is 50.4 Å². The Morgan fingerprint density at radius 1 is 1.08 bits per heavy atom. The summed E-state index contributed by atoms with van der Waals surface area (Å²) < 4.78 is 89.4. The summed E-state index contributed by atoms with van der Waals surface area (Å²) in [6.07, 6.45) is -3.17. The van der Waals surface area contributed by atoms with Crippen LogP contribution in [-0.4, -0.2) is 103 Å². The molecular weight excluding hydrogens is 747 g/mol. The lowest BCUT2D eigenvalue weighted by Crippen LogP contribution is -2.60. The number of ether oxygens (including phenoxy) is 1. The molecule has 3 N–H and O–H groups in total. The maximum absolute atomic E-state index is 14.4. The lowest BCUT2D eigenvalue weighted by Gasteiger charge is -2.35. The van der Waals surface area contributed by atoms with Crippen molar-refractivity contribution >= 4 is 49.1 Å². The predicted octanol–water partition coefficient (Wildman–Crippen LogP) is 1.69. The van der Waals surface area contributed by atoms with Crippen molar-refractivity contribution in [2.45, 2.75) is 86.0 Å². The Morgan fingerprint density at radius 2 is 1.77 bits per heavy atom. The molecule has 2 aliphatic carbocycles. The molecule has 16 nitrogen and oxygen atoms in total. The van der Waals surface area contributed by atoms with E-state index >= 15 is 0 Å². The number of amides is 3.